The second-order valence-corrected chi connectivity index (χ2v) is 4.61. The van der Waals surface area contributed by atoms with E-state index in [2.05, 4.69) is 5.32 Å². The van der Waals surface area contributed by atoms with Crippen LogP contribution >= 0.6 is 0 Å². The molecule has 1 fully saturated rings. The summed E-state index contributed by atoms with van der Waals surface area (Å²) in [5.74, 6) is -1.28. The van der Waals surface area contributed by atoms with Crippen LogP contribution in [0.15, 0.2) is 0 Å². The van der Waals surface area contributed by atoms with Crippen LogP contribution in [0.2, 0.25) is 0 Å². The van der Waals surface area contributed by atoms with Crippen LogP contribution in [-0.2, 0) is 14.3 Å². The van der Waals surface area contributed by atoms with Gasteiger partial charge in [-0.05, 0) is 13.3 Å². The highest BCUT2D eigenvalue weighted by Crippen LogP contribution is 2.15. The molecule has 17 heavy (non-hydrogen) atoms. The van der Waals surface area contributed by atoms with E-state index in [1.807, 2.05) is 6.92 Å². The van der Waals surface area contributed by atoms with Crippen LogP contribution in [0, 0.1) is 0 Å². The summed E-state index contributed by atoms with van der Waals surface area (Å²) in [6.07, 6.45) is 0.385. The maximum atomic E-state index is 11.8. The summed E-state index contributed by atoms with van der Waals surface area (Å²) in [7, 11) is 1.50. The van der Waals surface area contributed by atoms with Gasteiger partial charge in [0.1, 0.15) is 12.6 Å². The van der Waals surface area contributed by atoms with Crippen molar-refractivity contribution >= 4 is 11.9 Å². The van der Waals surface area contributed by atoms with Gasteiger partial charge in [0.05, 0.1) is 5.60 Å². The summed E-state index contributed by atoms with van der Waals surface area (Å²) in [5, 5.41) is 12.0. The third kappa shape index (κ3) is 3.41. The van der Waals surface area contributed by atoms with E-state index >= 15 is 0 Å². The highest BCUT2D eigenvalue weighted by Gasteiger charge is 2.34. The summed E-state index contributed by atoms with van der Waals surface area (Å²) in [6.45, 7) is 5.03. The zero-order valence-corrected chi connectivity index (χ0v) is 10.5. The van der Waals surface area contributed by atoms with Crippen LogP contribution in [0.4, 0.5) is 0 Å². The van der Waals surface area contributed by atoms with Crippen LogP contribution in [0.1, 0.15) is 20.3 Å². The predicted octanol–water partition coefficient (Wildman–Crippen LogP) is -0.313. The van der Waals surface area contributed by atoms with Gasteiger partial charge < -0.3 is 20.1 Å². The molecule has 0 spiro atoms. The number of aliphatic carboxylic acids is 1. The molecule has 0 aromatic carbocycles. The molecule has 0 aromatic rings. The number of rotatable bonds is 6. The van der Waals surface area contributed by atoms with Crippen LogP contribution in [0.3, 0.4) is 0 Å². The lowest BCUT2D eigenvalue weighted by atomic mass is 10.0. The van der Waals surface area contributed by atoms with E-state index in [0.717, 1.165) is 13.1 Å². The molecular weight excluding hydrogens is 224 g/mol. The average Bonchev–Trinajstić information content (AvgIpc) is 2.23. The first-order valence-corrected chi connectivity index (χ1v) is 5.73. The number of carbonyl (C=O) groups is 2. The van der Waals surface area contributed by atoms with Crippen LogP contribution in [-0.4, -0.2) is 60.3 Å². The number of hydrogen-bond donors (Lipinski definition) is 2. The molecule has 1 saturated heterocycles. The lowest BCUT2D eigenvalue weighted by Gasteiger charge is -2.39. The van der Waals surface area contributed by atoms with Crippen molar-refractivity contribution < 1.29 is 19.4 Å². The Bertz CT molecular complexity index is 302. The zero-order valence-electron chi connectivity index (χ0n) is 10.5. The third-order valence-electron chi connectivity index (χ3n) is 3.07. The topological polar surface area (TPSA) is 78.9 Å². The van der Waals surface area contributed by atoms with Crippen molar-refractivity contribution in [3.8, 4) is 0 Å². The first kappa shape index (κ1) is 13.9. The summed E-state index contributed by atoms with van der Waals surface area (Å²) >= 11 is 0. The van der Waals surface area contributed by atoms with E-state index in [1.54, 1.807) is 6.92 Å². The van der Waals surface area contributed by atoms with Gasteiger partial charge in [0.2, 0.25) is 5.91 Å². The Hall–Kier alpha value is -1.14. The summed E-state index contributed by atoms with van der Waals surface area (Å²) < 4.78 is 5.48. The Morgan fingerprint density at radius 2 is 2.12 bits per heavy atom. The molecule has 1 aliphatic rings. The van der Waals surface area contributed by atoms with Gasteiger partial charge in [0.15, 0.2) is 0 Å². The summed E-state index contributed by atoms with van der Waals surface area (Å²) in [6, 6.07) is -0.779. The molecule has 1 atom stereocenters. The zero-order chi connectivity index (χ0) is 13.1. The standard InChI is InChI=1S/C11H20N2O4/c1-4-8(10(15)16)13(3)9(14)5-17-11(2)6-12-7-11/h8,12H,4-7H2,1-3H3,(H,15,16). The highest BCUT2D eigenvalue weighted by atomic mass is 16.5. The highest BCUT2D eigenvalue weighted by molar-refractivity contribution is 5.84. The maximum Gasteiger partial charge on any atom is 0.326 e. The van der Waals surface area contributed by atoms with E-state index in [-0.39, 0.29) is 18.1 Å². The Balaban J connectivity index is 2.43. The van der Waals surface area contributed by atoms with Gasteiger partial charge in [0.25, 0.3) is 0 Å². The number of carbonyl (C=O) groups excluding carboxylic acids is 1. The van der Waals surface area contributed by atoms with Crippen molar-refractivity contribution in [1.82, 2.24) is 10.2 Å². The number of amides is 1. The molecule has 6 nitrogen and oxygen atoms in total. The second kappa shape index (κ2) is 5.46. The minimum atomic E-state index is -0.986. The quantitative estimate of drug-likeness (QED) is 0.670. The third-order valence-corrected chi connectivity index (χ3v) is 3.07. The largest absolute Gasteiger partial charge is 0.480 e. The number of nitrogens with one attached hydrogen (secondary N) is 1. The Labute approximate surface area is 101 Å². The fourth-order valence-electron chi connectivity index (χ4n) is 1.70. The lowest BCUT2D eigenvalue weighted by Crippen LogP contribution is -2.60. The second-order valence-electron chi connectivity index (χ2n) is 4.61. The van der Waals surface area contributed by atoms with Gasteiger partial charge in [0, 0.05) is 20.1 Å². The van der Waals surface area contributed by atoms with Gasteiger partial charge in [-0.25, -0.2) is 4.79 Å². The van der Waals surface area contributed by atoms with Gasteiger partial charge in [-0.3, -0.25) is 4.79 Å². The molecule has 6 heteroatoms. The lowest BCUT2D eigenvalue weighted by molar-refractivity contribution is -0.155. The van der Waals surface area contributed by atoms with Crippen LogP contribution in [0.5, 0.6) is 0 Å². The molecule has 2 N–H and O–H groups in total. The van der Waals surface area contributed by atoms with Crippen LogP contribution < -0.4 is 5.32 Å². The number of likely N-dealkylation sites (N-methyl/N-ethyl adjacent to an activating group) is 1. The number of ether oxygens (including phenoxy) is 1. The Kier molecular flexibility index (Phi) is 4.47. The summed E-state index contributed by atoms with van der Waals surface area (Å²) in [5.41, 5.74) is -0.290. The monoisotopic (exact) mass is 244 g/mol. The smallest absolute Gasteiger partial charge is 0.326 e. The predicted molar refractivity (Wildman–Crippen MR) is 61.7 cm³/mol. The number of nitrogens with zero attached hydrogens (tertiary/aromatic N) is 1. The van der Waals surface area contributed by atoms with E-state index in [4.69, 9.17) is 9.84 Å². The molecule has 1 heterocycles. The molecule has 1 rings (SSSR count). The normalized spacial score (nSPS) is 19.2. The Morgan fingerprint density at radius 1 is 1.53 bits per heavy atom. The molecule has 0 aliphatic carbocycles. The minimum Gasteiger partial charge on any atom is -0.480 e. The van der Waals surface area contributed by atoms with Gasteiger partial charge in [-0.1, -0.05) is 6.92 Å². The first-order valence-electron chi connectivity index (χ1n) is 5.73. The molecule has 1 aliphatic heterocycles. The van der Waals surface area contributed by atoms with E-state index < -0.39 is 12.0 Å². The van der Waals surface area contributed by atoms with Crippen molar-refractivity contribution in [2.45, 2.75) is 31.9 Å². The molecule has 0 saturated carbocycles. The Morgan fingerprint density at radius 3 is 2.47 bits per heavy atom. The molecular formula is C11H20N2O4. The molecule has 98 valence electrons. The fraction of sp³-hybridized carbons (Fsp3) is 0.818. The minimum absolute atomic E-state index is 0.0710. The maximum absolute atomic E-state index is 11.8. The average molecular weight is 244 g/mol. The van der Waals surface area contributed by atoms with E-state index in [1.165, 1.54) is 11.9 Å². The van der Waals surface area contributed by atoms with Gasteiger partial charge in [-0.15, -0.1) is 0 Å². The molecule has 0 radical (unpaired) electrons. The molecule has 1 unspecified atom stereocenters. The van der Waals surface area contributed by atoms with Crippen molar-refractivity contribution in [2.75, 3.05) is 26.7 Å². The molecule has 0 aromatic heterocycles. The SMILES string of the molecule is CCC(C(=O)O)N(C)C(=O)COC1(C)CNC1. The van der Waals surface area contributed by atoms with E-state index in [0.29, 0.717) is 6.42 Å². The van der Waals surface area contributed by atoms with Crippen molar-refractivity contribution in [2.24, 2.45) is 0 Å². The number of carboxylic acids is 1. The summed E-state index contributed by atoms with van der Waals surface area (Å²) in [4.78, 5) is 23.9. The van der Waals surface area contributed by atoms with E-state index in [9.17, 15) is 9.59 Å². The van der Waals surface area contributed by atoms with Crippen LogP contribution in [0.25, 0.3) is 0 Å². The molecule has 0 bridgehead atoms. The van der Waals surface area contributed by atoms with Crippen molar-refractivity contribution in [3.63, 3.8) is 0 Å². The fourth-order valence-corrected chi connectivity index (χ4v) is 1.70. The van der Waals surface area contributed by atoms with Crippen molar-refractivity contribution in [1.29, 1.82) is 0 Å². The van der Waals surface area contributed by atoms with Gasteiger partial charge in [-0.2, -0.15) is 0 Å². The first-order chi connectivity index (χ1) is 7.89. The number of carboxylic acid groups (broad SMARTS) is 1. The number of hydrogen-bond acceptors (Lipinski definition) is 4. The molecule has 1 amide bonds. The van der Waals surface area contributed by atoms with Gasteiger partial charge >= 0.3 is 5.97 Å². The van der Waals surface area contributed by atoms with Crippen molar-refractivity contribution in [3.05, 3.63) is 0 Å².